The van der Waals surface area contributed by atoms with Gasteiger partial charge in [-0.3, -0.25) is 0 Å². The van der Waals surface area contributed by atoms with E-state index in [1.807, 2.05) is 20.0 Å². The first kappa shape index (κ1) is 13.5. The molecule has 3 rings (SSSR count). The van der Waals surface area contributed by atoms with E-state index in [0.29, 0.717) is 0 Å². The Morgan fingerprint density at radius 1 is 1.19 bits per heavy atom. The van der Waals surface area contributed by atoms with Crippen LogP contribution in [0.1, 0.15) is 30.0 Å². The van der Waals surface area contributed by atoms with Crippen LogP contribution in [-0.2, 0) is 0 Å². The smallest absolute Gasteiger partial charge is 0.106 e. The highest BCUT2D eigenvalue weighted by Crippen LogP contribution is 2.26. The lowest BCUT2D eigenvalue weighted by molar-refractivity contribution is 0.500. The Morgan fingerprint density at radius 2 is 1.95 bits per heavy atom. The summed E-state index contributed by atoms with van der Waals surface area (Å²) in [6, 6.07) is 10.6. The zero-order valence-corrected chi connectivity index (χ0v) is 12.5. The molecule has 2 heterocycles. The van der Waals surface area contributed by atoms with E-state index in [1.54, 1.807) is 6.33 Å². The van der Waals surface area contributed by atoms with E-state index in [9.17, 15) is 0 Å². The number of aryl methyl sites for hydroxylation is 2. The molecule has 2 N–H and O–H groups in total. The molecule has 2 aromatic heterocycles. The van der Waals surface area contributed by atoms with E-state index in [0.717, 1.165) is 28.5 Å². The quantitative estimate of drug-likeness (QED) is 0.742. The number of imidazole rings is 1. The molecule has 4 heteroatoms. The van der Waals surface area contributed by atoms with Crippen LogP contribution >= 0.6 is 0 Å². The molecule has 0 radical (unpaired) electrons. The monoisotopic (exact) mass is 281 g/mol. The largest absolute Gasteiger partial charge is 0.466 e. The fourth-order valence-electron chi connectivity index (χ4n) is 2.57. The summed E-state index contributed by atoms with van der Waals surface area (Å²) in [5.74, 6) is 1.92. The minimum Gasteiger partial charge on any atom is -0.466 e. The van der Waals surface area contributed by atoms with Gasteiger partial charge in [0.05, 0.1) is 24.3 Å². The lowest BCUT2D eigenvalue weighted by Gasteiger charge is -2.15. The first-order valence-electron chi connectivity index (χ1n) is 7.06. The van der Waals surface area contributed by atoms with Gasteiger partial charge in [0, 0.05) is 11.3 Å². The summed E-state index contributed by atoms with van der Waals surface area (Å²) < 4.78 is 5.59. The van der Waals surface area contributed by atoms with Crippen LogP contribution in [0.5, 0.6) is 0 Å². The second kappa shape index (κ2) is 5.48. The first-order valence-corrected chi connectivity index (χ1v) is 7.06. The van der Waals surface area contributed by atoms with Crippen molar-refractivity contribution in [2.45, 2.75) is 26.8 Å². The van der Waals surface area contributed by atoms with Crippen LogP contribution in [0.4, 0.5) is 5.69 Å². The van der Waals surface area contributed by atoms with Gasteiger partial charge in [-0.1, -0.05) is 12.1 Å². The van der Waals surface area contributed by atoms with E-state index in [-0.39, 0.29) is 6.04 Å². The summed E-state index contributed by atoms with van der Waals surface area (Å²) in [6.07, 6.45) is 3.51. The third kappa shape index (κ3) is 2.84. The Hall–Kier alpha value is -2.49. The summed E-state index contributed by atoms with van der Waals surface area (Å²) in [4.78, 5) is 7.15. The van der Waals surface area contributed by atoms with Crippen LogP contribution < -0.4 is 5.32 Å². The lowest BCUT2D eigenvalue weighted by atomic mass is 10.1. The van der Waals surface area contributed by atoms with Crippen molar-refractivity contribution < 1.29 is 4.42 Å². The molecule has 1 aromatic carbocycles. The maximum Gasteiger partial charge on any atom is 0.106 e. The standard InChI is InChI=1S/C17H19N3O/c1-11-8-16(13(3)21-11)12(2)20-15-6-4-14(5-7-15)17-9-18-10-19-17/h4-10,12,20H,1-3H3,(H,18,19). The second-order valence-electron chi connectivity index (χ2n) is 5.28. The molecular weight excluding hydrogens is 262 g/mol. The maximum absolute atomic E-state index is 5.59. The van der Waals surface area contributed by atoms with Gasteiger partial charge in [0.25, 0.3) is 0 Å². The van der Waals surface area contributed by atoms with E-state index in [1.165, 1.54) is 5.56 Å². The number of rotatable bonds is 4. The van der Waals surface area contributed by atoms with Crippen LogP contribution in [0.25, 0.3) is 11.3 Å². The Bertz CT molecular complexity index is 711. The van der Waals surface area contributed by atoms with E-state index < -0.39 is 0 Å². The molecule has 0 aliphatic carbocycles. The Balaban J connectivity index is 1.74. The van der Waals surface area contributed by atoms with Gasteiger partial charge in [0.2, 0.25) is 0 Å². The van der Waals surface area contributed by atoms with Gasteiger partial charge >= 0.3 is 0 Å². The van der Waals surface area contributed by atoms with E-state index >= 15 is 0 Å². The number of nitrogens with zero attached hydrogens (tertiary/aromatic N) is 1. The molecular formula is C17H19N3O. The molecule has 0 fully saturated rings. The number of hydrogen-bond acceptors (Lipinski definition) is 3. The molecule has 4 nitrogen and oxygen atoms in total. The van der Waals surface area contributed by atoms with Gasteiger partial charge in [-0.25, -0.2) is 4.98 Å². The highest BCUT2D eigenvalue weighted by molar-refractivity contribution is 5.62. The van der Waals surface area contributed by atoms with Gasteiger partial charge in [0.1, 0.15) is 11.5 Å². The summed E-state index contributed by atoms with van der Waals surface area (Å²) in [6.45, 7) is 6.12. The number of benzene rings is 1. The average Bonchev–Trinajstić information content (AvgIpc) is 3.09. The molecule has 0 amide bonds. The third-order valence-electron chi connectivity index (χ3n) is 3.62. The van der Waals surface area contributed by atoms with Gasteiger partial charge in [-0.2, -0.15) is 0 Å². The molecule has 1 atom stereocenters. The van der Waals surface area contributed by atoms with Crippen LogP contribution in [-0.4, -0.2) is 9.97 Å². The minimum atomic E-state index is 0.209. The molecule has 0 saturated heterocycles. The number of aromatic nitrogens is 2. The van der Waals surface area contributed by atoms with Crippen molar-refractivity contribution in [3.05, 3.63) is 59.9 Å². The lowest BCUT2D eigenvalue weighted by Crippen LogP contribution is -2.06. The fourth-order valence-corrected chi connectivity index (χ4v) is 2.57. The molecule has 0 spiro atoms. The summed E-state index contributed by atoms with van der Waals surface area (Å²) in [7, 11) is 0. The topological polar surface area (TPSA) is 53.9 Å². The normalized spacial score (nSPS) is 12.3. The molecule has 3 aromatic rings. The Morgan fingerprint density at radius 3 is 2.52 bits per heavy atom. The zero-order valence-electron chi connectivity index (χ0n) is 12.5. The average molecular weight is 281 g/mol. The molecule has 108 valence electrons. The van der Waals surface area contributed by atoms with Crippen LogP contribution in [0.15, 0.2) is 47.3 Å². The summed E-state index contributed by atoms with van der Waals surface area (Å²) in [5.41, 5.74) is 4.44. The van der Waals surface area contributed by atoms with Gasteiger partial charge in [-0.15, -0.1) is 0 Å². The van der Waals surface area contributed by atoms with Gasteiger partial charge in [-0.05, 0) is 44.5 Å². The molecule has 0 bridgehead atoms. The third-order valence-corrected chi connectivity index (χ3v) is 3.62. The number of aromatic amines is 1. The number of furan rings is 1. The summed E-state index contributed by atoms with van der Waals surface area (Å²) in [5, 5.41) is 3.50. The van der Waals surface area contributed by atoms with Crippen LogP contribution in [0.3, 0.4) is 0 Å². The molecule has 0 saturated carbocycles. The van der Waals surface area contributed by atoms with Crippen molar-refractivity contribution in [2.75, 3.05) is 5.32 Å². The zero-order chi connectivity index (χ0) is 14.8. The second-order valence-corrected chi connectivity index (χ2v) is 5.28. The van der Waals surface area contributed by atoms with E-state index in [2.05, 4.69) is 52.5 Å². The summed E-state index contributed by atoms with van der Waals surface area (Å²) >= 11 is 0. The number of anilines is 1. The first-order chi connectivity index (χ1) is 10.1. The molecule has 0 aliphatic heterocycles. The predicted molar refractivity (Wildman–Crippen MR) is 84.2 cm³/mol. The van der Waals surface area contributed by atoms with Crippen molar-refractivity contribution >= 4 is 5.69 Å². The van der Waals surface area contributed by atoms with Gasteiger partial charge < -0.3 is 14.7 Å². The number of H-pyrrole nitrogens is 1. The van der Waals surface area contributed by atoms with Crippen molar-refractivity contribution in [3.8, 4) is 11.3 Å². The molecule has 21 heavy (non-hydrogen) atoms. The highest BCUT2D eigenvalue weighted by Gasteiger charge is 2.12. The fraction of sp³-hybridized carbons (Fsp3) is 0.235. The van der Waals surface area contributed by atoms with E-state index in [4.69, 9.17) is 4.42 Å². The van der Waals surface area contributed by atoms with Crippen molar-refractivity contribution in [1.82, 2.24) is 9.97 Å². The maximum atomic E-state index is 5.59. The minimum absolute atomic E-state index is 0.209. The number of nitrogens with one attached hydrogen (secondary N) is 2. The predicted octanol–water partition coefficient (Wildman–Crippen LogP) is 4.46. The Kier molecular flexibility index (Phi) is 3.52. The SMILES string of the molecule is Cc1cc(C(C)Nc2ccc(-c3cnc[nH]3)cc2)c(C)o1. The van der Waals surface area contributed by atoms with Crippen molar-refractivity contribution in [2.24, 2.45) is 0 Å². The van der Waals surface area contributed by atoms with Crippen molar-refractivity contribution in [1.29, 1.82) is 0 Å². The number of hydrogen-bond donors (Lipinski definition) is 2. The van der Waals surface area contributed by atoms with Gasteiger partial charge in [0.15, 0.2) is 0 Å². The molecule has 1 unspecified atom stereocenters. The molecule has 0 aliphatic rings. The highest BCUT2D eigenvalue weighted by atomic mass is 16.3. The van der Waals surface area contributed by atoms with Crippen LogP contribution in [0, 0.1) is 13.8 Å². The van der Waals surface area contributed by atoms with Crippen LogP contribution in [0.2, 0.25) is 0 Å². The Labute approximate surface area is 124 Å². The van der Waals surface area contributed by atoms with Crippen molar-refractivity contribution in [3.63, 3.8) is 0 Å².